The Labute approximate surface area is 147 Å². The third-order valence-electron chi connectivity index (χ3n) is 4.97. The molecule has 7 heteroatoms. The van der Waals surface area contributed by atoms with E-state index < -0.39 is 12.0 Å². The highest BCUT2D eigenvalue weighted by atomic mass is 16.4. The molecule has 2 fully saturated rings. The van der Waals surface area contributed by atoms with Gasteiger partial charge in [-0.2, -0.15) is 0 Å². The number of aliphatic hydroxyl groups excluding tert-OH is 1. The van der Waals surface area contributed by atoms with Crippen LogP contribution in [0.4, 0.5) is 10.5 Å². The Morgan fingerprint density at radius 3 is 2.20 bits per heavy atom. The molecule has 7 nitrogen and oxygen atoms in total. The molecular formula is C18H25N3O4. The van der Waals surface area contributed by atoms with Crippen LogP contribution in [0.2, 0.25) is 0 Å². The van der Waals surface area contributed by atoms with Gasteiger partial charge in [0.05, 0.1) is 6.10 Å². The molecule has 136 valence electrons. The number of carbonyl (C=O) groups excluding carboxylic acids is 1. The average molecular weight is 347 g/mol. The fourth-order valence-corrected chi connectivity index (χ4v) is 3.53. The van der Waals surface area contributed by atoms with Crippen LogP contribution in [0.25, 0.3) is 0 Å². The number of rotatable bonds is 4. The summed E-state index contributed by atoms with van der Waals surface area (Å²) in [5.74, 6) is -0.898. The Hall–Kier alpha value is -2.12. The molecule has 0 aliphatic carbocycles. The maximum Gasteiger partial charge on any atom is 0.325 e. The summed E-state index contributed by atoms with van der Waals surface area (Å²) in [5.41, 5.74) is 1.35. The highest BCUT2D eigenvalue weighted by Gasteiger charge is 2.30. The minimum atomic E-state index is -0.898. The summed E-state index contributed by atoms with van der Waals surface area (Å²) in [7, 11) is 0. The summed E-state index contributed by atoms with van der Waals surface area (Å²) >= 11 is 0. The van der Waals surface area contributed by atoms with Gasteiger partial charge >= 0.3 is 12.0 Å². The normalized spacial score (nSPS) is 20.4. The molecule has 0 spiro atoms. The number of aliphatic hydroxyl groups is 1. The number of carboxylic acids is 1. The van der Waals surface area contributed by atoms with Crippen molar-refractivity contribution < 1.29 is 19.8 Å². The van der Waals surface area contributed by atoms with Crippen LogP contribution >= 0.6 is 0 Å². The molecule has 0 bridgehead atoms. The van der Waals surface area contributed by atoms with E-state index in [-0.39, 0.29) is 12.1 Å². The predicted molar refractivity (Wildman–Crippen MR) is 93.5 cm³/mol. The number of hydrogen-bond acceptors (Lipinski definition) is 4. The molecule has 2 aliphatic rings. The van der Waals surface area contributed by atoms with Crippen molar-refractivity contribution in [3.05, 3.63) is 29.8 Å². The number of benzene rings is 1. The average Bonchev–Trinajstić information content (AvgIpc) is 3.13. The largest absolute Gasteiger partial charge is 0.480 e. The zero-order valence-corrected chi connectivity index (χ0v) is 14.2. The first kappa shape index (κ1) is 17.7. The van der Waals surface area contributed by atoms with Crippen LogP contribution in [0.1, 0.15) is 37.3 Å². The van der Waals surface area contributed by atoms with Gasteiger partial charge in [-0.1, -0.05) is 12.1 Å². The van der Waals surface area contributed by atoms with Crippen molar-refractivity contribution in [2.75, 3.05) is 31.5 Å². The smallest absolute Gasteiger partial charge is 0.325 e. The molecule has 1 aromatic rings. The number of anilines is 1. The summed E-state index contributed by atoms with van der Waals surface area (Å²) in [5, 5.41) is 22.1. The van der Waals surface area contributed by atoms with E-state index in [9.17, 15) is 19.8 Å². The number of hydrogen-bond donors (Lipinski definition) is 3. The molecule has 0 aromatic heterocycles. The van der Waals surface area contributed by atoms with Gasteiger partial charge in [-0.3, -0.25) is 9.69 Å². The van der Waals surface area contributed by atoms with E-state index in [2.05, 4.69) is 5.32 Å². The van der Waals surface area contributed by atoms with Crippen LogP contribution < -0.4 is 5.32 Å². The first-order valence-corrected chi connectivity index (χ1v) is 8.85. The second-order valence-electron chi connectivity index (χ2n) is 6.75. The molecule has 2 aliphatic heterocycles. The Balaban J connectivity index is 1.66. The number of piperidine rings is 1. The molecular weight excluding hydrogens is 322 g/mol. The van der Waals surface area contributed by atoms with Crippen molar-refractivity contribution in [1.29, 1.82) is 0 Å². The van der Waals surface area contributed by atoms with Crippen molar-refractivity contribution in [1.82, 2.24) is 9.80 Å². The van der Waals surface area contributed by atoms with E-state index in [1.165, 1.54) is 0 Å². The van der Waals surface area contributed by atoms with Gasteiger partial charge in [-0.15, -0.1) is 0 Å². The van der Waals surface area contributed by atoms with Gasteiger partial charge in [0.1, 0.15) is 6.04 Å². The fraction of sp³-hybridized carbons (Fsp3) is 0.556. The van der Waals surface area contributed by atoms with Crippen LogP contribution in [0.5, 0.6) is 0 Å². The number of nitrogens with zero attached hydrogens (tertiary/aromatic N) is 2. The summed E-state index contributed by atoms with van der Waals surface area (Å²) in [6.07, 6.45) is 2.92. The second kappa shape index (κ2) is 7.84. The lowest BCUT2D eigenvalue weighted by Gasteiger charge is -2.34. The minimum Gasteiger partial charge on any atom is -0.480 e. The topological polar surface area (TPSA) is 93.1 Å². The lowest BCUT2D eigenvalue weighted by molar-refractivity contribution is -0.144. The Bertz CT molecular complexity index is 605. The third-order valence-corrected chi connectivity index (χ3v) is 4.97. The number of likely N-dealkylation sites (tertiary alicyclic amines) is 2. The highest BCUT2D eigenvalue weighted by Crippen LogP contribution is 2.26. The Kier molecular flexibility index (Phi) is 5.55. The summed E-state index contributed by atoms with van der Waals surface area (Å²) in [6, 6.07) is 6.17. The molecule has 1 atom stereocenters. The number of carboxylic acid groups (broad SMARTS) is 1. The number of nitrogens with one attached hydrogen (secondary N) is 1. The maximum absolute atomic E-state index is 12.1. The van der Waals surface area contributed by atoms with Gasteiger partial charge < -0.3 is 20.4 Å². The third kappa shape index (κ3) is 4.29. The van der Waals surface area contributed by atoms with Crippen molar-refractivity contribution >= 4 is 17.7 Å². The number of aliphatic carboxylic acids is 1. The van der Waals surface area contributed by atoms with Crippen LogP contribution in [0.15, 0.2) is 24.3 Å². The Morgan fingerprint density at radius 1 is 1.04 bits per heavy atom. The highest BCUT2D eigenvalue weighted by molar-refractivity contribution is 5.89. The lowest BCUT2D eigenvalue weighted by Crippen LogP contribution is -2.41. The summed E-state index contributed by atoms with van der Waals surface area (Å²) in [6.45, 7) is 2.69. The molecule has 2 heterocycles. The summed E-state index contributed by atoms with van der Waals surface area (Å²) < 4.78 is 0. The van der Waals surface area contributed by atoms with E-state index >= 15 is 0 Å². The van der Waals surface area contributed by atoms with Gasteiger partial charge in [0.25, 0.3) is 0 Å². The zero-order valence-electron chi connectivity index (χ0n) is 14.2. The molecule has 3 rings (SSSR count). The second-order valence-corrected chi connectivity index (χ2v) is 6.75. The van der Waals surface area contributed by atoms with Gasteiger partial charge in [0.2, 0.25) is 0 Å². The van der Waals surface area contributed by atoms with Crippen LogP contribution in [-0.2, 0) is 4.79 Å². The van der Waals surface area contributed by atoms with Gasteiger partial charge in [-0.05, 0) is 43.4 Å². The van der Waals surface area contributed by atoms with Crippen molar-refractivity contribution in [3.63, 3.8) is 0 Å². The fourth-order valence-electron chi connectivity index (χ4n) is 3.53. The van der Waals surface area contributed by atoms with Gasteiger partial charge in [-0.25, -0.2) is 4.79 Å². The van der Waals surface area contributed by atoms with E-state index in [0.717, 1.165) is 25.9 Å². The van der Waals surface area contributed by atoms with Crippen molar-refractivity contribution in [2.24, 2.45) is 0 Å². The van der Waals surface area contributed by atoms with Crippen LogP contribution in [-0.4, -0.2) is 64.3 Å². The van der Waals surface area contributed by atoms with Crippen LogP contribution in [0, 0.1) is 0 Å². The van der Waals surface area contributed by atoms with Crippen LogP contribution in [0.3, 0.4) is 0 Å². The molecule has 1 aromatic carbocycles. The zero-order chi connectivity index (χ0) is 17.8. The van der Waals surface area contributed by atoms with E-state index in [4.69, 9.17) is 0 Å². The molecule has 3 N–H and O–H groups in total. The van der Waals surface area contributed by atoms with Gasteiger partial charge in [0.15, 0.2) is 0 Å². The van der Waals surface area contributed by atoms with E-state index in [1.54, 1.807) is 29.2 Å². The standard InChI is InChI=1S/C18H25N3O4/c22-15-7-11-20(12-8-15)16(17(23)24)13-3-5-14(6-4-13)19-18(25)21-9-1-2-10-21/h3-6,15-16,22H,1-2,7-12H2,(H,19,25)(H,23,24)/t16-/m1/s1. The predicted octanol–water partition coefficient (Wildman–Crippen LogP) is 1.90. The number of urea groups is 1. The Morgan fingerprint density at radius 2 is 1.64 bits per heavy atom. The molecule has 0 unspecified atom stereocenters. The van der Waals surface area contributed by atoms with Gasteiger partial charge in [0, 0.05) is 31.9 Å². The molecule has 2 saturated heterocycles. The van der Waals surface area contributed by atoms with Crippen molar-refractivity contribution in [3.8, 4) is 0 Å². The molecule has 25 heavy (non-hydrogen) atoms. The van der Waals surface area contributed by atoms with E-state index in [1.807, 2.05) is 4.90 Å². The first-order chi connectivity index (χ1) is 12.0. The minimum absolute atomic E-state index is 0.106. The monoisotopic (exact) mass is 347 g/mol. The number of carbonyl (C=O) groups is 2. The van der Waals surface area contributed by atoms with E-state index in [0.29, 0.717) is 37.2 Å². The van der Waals surface area contributed by atoms with Crippen molar-refractivity contribution in [2.45, 2.75) is 37.8 Å². The first-order valence-electron chi connectivity index (χ1n) is 8.85. The number of amides is 2. The molecule has 2 amide bonds. The summed E-state index contributed by atoms with van der Waals surface area (Å²) in [4.78, 5) is 27.5. The molecule has 0 radical (unpaired) electrons. The lowest BCUT2D eigenvalue weighted by atomic mass is 10.0. The maximum atomic E-state index is 12.1. The molecule has 0 saturated carbocycles. The SMILES string of the molecule is O=C(O)[C@@H](c1ccc(NC(=O)N2CCCC2)cc1)N1CCC(O)CC1. The quantitative estimate of drug-likeness (QED) is 0.773.